The van der Waals surface area contributed by atoms with Crippen LogP contribution < -0.4 is 9.73 Å². The highest BCUT2D eigenvalue weighted by Crippen LogP contribution is 2.30. The fourth-order valence-electron chi connectivity index (χ4n) is 4.19. The number of carbonyl (C=O) groups excluding carboxylic acids is 1. The SMILES string of the molecule is Cc1ccc(-n2c(C)cc(/C=N/NC(=O)CN(c3ccc(Cl)c(Cl)c3)S(=O)(=O)c3ccccc3)c2C)cc1C. The maximum Gasteiger partial charge on any atom is 0.264 e. The second-order valence-corrected chi connectivity index (χ2v) is 11.8. The van der Waals surface area contributed by atoms with E-state index in [1.54, 1.807) is 24.4 Å². The minimum Gasteiger partial charge on any atom is -0.318 e. The largest absolute Gasteiger partial charge is 0.318 e. The molecule has 1 heterocycles. The molecule has 0 aliphatic heterocycles. The number of rotatable bonds is 8. The number of halogens is 2. The van der Waals surface area contributed by atoms with Crippen molar-refractivity contribution in [1.82, 2.24) is 9.99 Å². The van der Waals surface area contributed by atoms with Crippen LogP contribution in [-0.2, 0) is 14.8 Å². The lowest BCUT2D eigenvalue weighted by Gasteiger charge is -2.24. The molecule has 39 heavy (non-hydrogen) atoms. The van der Waals surface area contributed by atoms with Gasteiger partial charge < -0.3 is 4.57 Å². The Morgan fingerprint density at radius 1 is 0.923 bits per heavy atom. The number of nitrogens with zero attached hydrogens (tertiary/aromatic N) is 3. The molecule has 4 aromatic rings. The van der Waals surface area contributed by atoms with Crippen molar-refractivity contribution in [2.24, 2.45) is 5.10 Å². The highest BCUT2D eigenvalue weighted by molar-refractivity contribution is 7.92. The molecule has 3 aromatic carbocycles. The summed E-state index contributed by atoms with van der Waals surface area (Å²) in [4.78, 5) is 12.9. The average Bonchev–Trinajstić information content (AvgIpc) is 3.19. The van der Waals surface area contributed by atoms with E-state index in [4.69, 9.17) is 23.2 Å². The number of hydrazone groups is 1. The Morgan fingerprint density at radius 2 is 1.64 bits per heavy atom. The van der Waals surface area contributed by atoms with Crippen LogP contribution in [0.1, 0.15) is 28.1 Å². The number of aryl methyl sites for hydroxylation is 3. The van der Waals surface area contributed by atoms with Gasteiger partial charge in [-0.2, -0.15) is 5.10 Å². The standard InChI is InChI=1S/C29H28Cl2N4O3S/c1-19-10-11-25(14-20(19)2)35-21(3)15-23(22(35)4)17-32-33-29(36)18-34(24-12-13-27(30)28(31)16-24)39(37,38)26-8-6-5-7-9-26/h5-17H,18H2,1-4H3,(H,33,36)/b32-17+. The molecule has 4 rings (SSSR count). The zero-order valence-corrected chi connectivity index (χ0v) is 24.3. The first-order chi connectivity index (χ1) is 18.5. The normalized spacial score (nSPS) is 11.6. The van der Waals surface area contributed by atoms with Gasteiger partial charge in [-0.15, -0.1) is 0 Å². The van der Waals surface area contributed by atoms with E-state index in [0.717, 1.165) is 26.9 Å². The van der Waals surface area contributed by atoms with Gasteiger partial charge >= 0.3 is 0 Å². The predicted molar refractivity (Wildman–Crippen MR) is 158 cm³/mol. The molecule has 0 bridgehead atoms. The Kier molecular flexibility index (Phi) is 8.49. The van der Waals surface area contributed by atoms with Crippen LogP contribution in [0.15, 0.2) is 82.8 Å². The van der Waals surface area contributed by atoms with Crippen LogP contribution in [0, 0.1) is 27.7 Å². The van der Waals surface area contributed by atoms with Crippen molar-refractivity contribution in [3.8, 4) is 5.69 Å². The molecule has 1 amide bonds. The summed E-state index contributed by atoms with van der Waals surface area (Å²) in [7, 11) is -4.09. The minimum absolute atomic E-state index is 0.0335. The number of nitrogens with one attached hydrogen (secondary N) is 1. The van der Waals surface area contributed by atoms with E-state index in [2.05, 4.69) is 47.1 Å². The fourth-order valence-corrected chi connectivity index (χ4v) is 5.92. The van der Waals surface area contributed by atoms with E-state index in [0.29, 0.717) is 0 Å². The number of anilines is 1. The first-order valence-corrected chi connectivity index (χ1v) is 14.3. The lowest BCUT2D eigenvalue weighted by atomic mass is 10.1. The monoisotopic (exact) mass is 582 g/mol. The second-order valence-electron chi connectivity index (χ2n) is 9.15. The minimum atomic E-state index is -4.09. The van der Waals surface area contributed by atoms with Crippen LogP contribution in [0.2, 0.25) is 10.0 Å². The Labute approximate surface area is 238 Å². The van der Waals surface area contributed by atoms with Crippen molar-refractivity contribution >= 4 is 51.0 Å². The van der Waals surface area contributed by atoms with Gasteiger partial charge in [0.15, 0.2) is 0 Å². The maximum atomic E-state index is 13.5. The lowest BCUT2D eigenvalue weighted by Crippen LogP contribution is -2.39. The lowest BCUT2D eigenvalue weighted by molar-refractivity contribution is -0.119. The summed E-state index contributed by atoms with van der Waals surface area (Å²) >= 11 is 12.2. The number of aromatic nitrogens is 1. The summed E-state index contributed by atoms with van der Waals surface area (Å²) in [6.07, 6.45) is 1.55. The summed E-state index contributed by atoms with van der Waals surface area (Å²) in [6.45, 7) is 7.60. The van der Waals surface area contributed by atoms with Gasteiger partial charge in [-0.1, -0.05) is 47.5 Å². The molecule has 202 valence electrons. The molecule has 0 aliphatic rings. The van der Waals surface area contributed by atoms with Crippen molar-refractivity contribution in [1.29, 1.82) is 0 Å². The number of sulfonamides is 1. The number of carbonyl (C=O) groups is 1. The van der Waals surface area contributed by atoms with Crippen LogP contribution in [0.4, 0.5) is 5.69 Å². The smallest absolute Gasteiger partial charge is 0.264 e. The molecule has 0 spiro atoms. The van der Waals surface area contributed by atoms with Gasteiger partial charge in [0, 0.05) is 22.6 Å². The van der Waals surface area contributed by atoms with Crippen LogP contribution in [0.5, 0.6) is 0 Å². The highest BCUT2D eigenvalue weighted by atomic mass is 35.5. The quantitative estimate of drug-likeness (QED) is 0.194. The third kappa shape index (κ3) is 6.19. The molecule has 1 aromatic heterocycles. The van der Waals surface area contributed by atoms with Crippen LogP contribution in [0.25, 0.3) is 5.69 Å². The summed E-state index contributed by atoms with van der Waals surface area (Å²) in [5, 5.41) is 4.54. The molecular weight excluding hydrogens is 555 g/mol. The summed E-state index contributed by atoms with van der Waals surface area (Å²) in [5.41, 5.74) is 8.90. The van der Waals surface area contributed by atoms with Crippen LogP contribution in [-0.4, -0.2) is 31.7 Å². The van der Waals surface area contributed by atoms with Gasteiger partial charge in [0.1, 0.15) is 6.54 Å². The third-order valence-electron chi connectivity index (χ3n) is 6.42. The molecule has 0 saturated heterocycles. The van der Waals surface area contributed by atoms with Gasteiger partial charge in [-0.05, 0) is 87.4 Å². The van der Waals surface area contributed by atoms with E-state index in [9.17, 15) is 13.2 Å². The Balaban J connectivity index is 1.56. The molecule has 0 unspecified atom stereocenters. The van der Waals surface area contributed by atoms with E-state index in [-0.39, 0.29) is 20.6 Å². The van der Waals surface area contributed by atoms with Crippen LogP contribution >= 0.6 is 23.2 Å². The van der Waals surface area contributed by atoms with Crippen LogP contribution in [0.3, 0.4) is 0 Å². The van der Waals surface area contributed by atoms with E-state index < -0.39 is 22.5 Å². The highest BCUT2D eigenvalue weighted by Gasteiger charge is 2.27. The Bertz CT molecular complexity index is 1670. The van der Waals surface area contributed by atoms with Gasteiger partial charge in [-0.25, -0.2) is 13.8 Å². The van der Waals surface area contributed by atoms with Crippen molar-refractivity contribution in [2.75, 3.05) is 10.8 Å². The third-order valence-corrected chi connectivity index (χ3v) is 8.95. The Hall–Kier alpha value is -3.59. The van der Waals surface area contributed by atoms with Crippen molar-refractivity contribution in [3.63, 3.8) is 0 Å². The predicted octanol–water partition coefficient (Wildman–Crippen LogP) is 6.36. The number of benzene rings is 3. The zero-order chi connectivity index (χ0) is 28.3. The second kappa shape index (κ2) is 11.7. The van der Waals surface area contributed by atoms with E-state index >= 15 is 0 Å². The van der Waals surface area contributed by atoms with Crippen molar-refractivity contribution in [3.05, 3.63) is 111 Å². The zero-order valence-electron chi connectivity index (χ0n) is 21.9. The van der Waals surface area contributed by atoms with Gasteiger partial charge in [0.05, 0.1) is 26.8 Å². The maximum absolute atomic E-state index is 13.5. The van der Waals surface area contributed by atoms with E-state index in [1.165, 1.54) is 41.5 Å². The molecular formula is C29H28Cl2N4O3S. The summed E-state index contributed by atoms with van der Waals surface area (Å²) in [5.74, 6) is -0.625. The first kappa shape index (κ1) is 28.4. The summed E-state index contributed by atoms with van der Waals surface area (Å²) < 4.78 is 30.0. The molecule has 1 N–H and O–H groups in total. The first-order valence-electron chi connectivity index (χ1n) is 12.1. The molecule has 10 heteroatoms. The van der Waals surface area contributed by atoms with Crippen molar-refractivity contribution in [2.45, 2.75) is 32.6 Å². The molecule has 0 saturated carbocycles. The molecule has 0 fully saturated rings. The number of amides is 1. The van der Waals surface area contributed by atoms with Crippen molar-refractivity contribution < 1.29 is 13.2 Å². The van der Waals surface area contributed by atoms with E-state index in [1.807, 2.05) is 19.9 Å². The average molecular weight is 584 g/mol. The fraction of sp³-hybridized carbons (Fsp3) is 0.172. The molecule has 0 aliphatic carbocycles. The Morgan fingerprint density at radius 3 is 2.31 bits per heavy atom. The molecule has 0 atom stereocenters. The topological polar surface area (TPSA) is 83.8 Å². The van der Waals surface area contributed by atoms with Gasteiger partial charge in [0.25, 0.3) is 15.9 Å². The summed E-state index contributed by atoms with van der Waals surface area (Å²) in [6, 6.07) is 20.5. The number of hydrogen-bond acceptors (Lipinski definition) is 4. The van der Waals surface area contributed by atoms with Gasteiger partial charge in [-0.3, -0.25) is 9.10 Å². The number of hydrogen-bond donors (Lipinski definition) is 1. The van der Waals surface area contributed by atoms with Gasteiger partial charge in [0.2, 0.25) is 0 Å². The molecule has 7 nitrogen and oxygen atoms in total. The molecule has 0 radical (unpaired) electrons.